The average molecular weight is 285 g/mol. The zero-order chi connectivity index (χ0) is 14.5. The van der Waals surface area contributed by atoms with Gasteiger partial charge in [-0.05, 0) is 31.5 Å². The Morgan fingerprint density at radius 3 is 2.32 bits per heavy atom. The van der Waals surface area contributed by atoms with Gasteiger partial charge in [-0.25, -0.2) is 8.42 Å². The molecule has 0 spiro atoms. The lowest BCUT2D eigenvalue weighted by Gasteiger charge is -2.08. The van der Waals surface area contributed by atoms with Gasteiger partial charge in [0.05, 0.1) is 11.0 Å². The van der Waals surface area contributed by atoms with Crippen LogP contribution in [0.3, 0.4) is 0 Å². The lowest BCUT2D eigenvalue weighted by molar-refractivity contribution is -0.127. The van der Waals surface area contributed by atoms with Crippen molar-refractivity contribution in [3.05, 3.63) is 29.8 Å². The number of hydrogen-bond acceptors (Lipinski definition) is 4. The molecular weight excluding hydrogens is 266 g/mol. The third-order valence-corrected chi connectivity index (χ3v) is 3.52. The molecule has 0 aromatic heterocycles. The van der Waals surface area contributed by atoms with Gasteiger partial charge in [-0.3, -0.25) is 4.79 Å². The van der Waals surface area contributed by atoms with Crippen LogP contribution in [0.25, 0.3) is 0 Å². The minimum absolute atomic E-state index is 0.0137. The highest BCUT2D eigenvalue weighted by Crippen LogP contribution is 2.10. The zero-order valence-corrected chi connectivity index (χ0v) is 12.2. The molecule has 1 N–H and O–H groups in total. The summed E-state index contributed by atoms with van der Waals surface area (Å²) in [5.74, 6) is -0.194. The van der Waals surface area contributed by atoms with E-state index in [9.17, 15) is 13.2 Å². The Morgan fingerprint density at radius 2 is 1.84 bits per heavy atom. The van der Waals surface area contributed by atoms with Gasteiger partial charge in [-0.1, -0.05) is 12.1 Å². The van der Waals surface area contributed by atoms with Gasteiger partial charge >= 0.3 is 0 Å². The second-order valence-corrected chi connectivity index (χ2v) is 6.57. The van der Waals surface area contributed by atoms with Crippen LogP contribution < -0.4 is 5.32 Å². The predicted molar refractivity (Wildman–Crippen MR) is 72.5 cm³/mol. The van der Waals surface area contributed by atoms with Gasteiger partial charge in [0.2, 0.25) is 5.91 Å². The summed E-state index contributed by atoms with van der Waals surface area (Å²) in [5, 5.41) is 2.70. The number of nitrogens with one attached hydrogen (secondary N) is 1. The van der Waals surface area contributed by atoms with E-state index in [1.807, 2.05) is 13.8 Å². The number of carbonyl (C=O) groups excluding carboxylic acids is 1. The van der Waals surface area contributed by atoms with Crippen molar-refractivity contribution in [1.82, 2.24) is 5.32 Å². The summed E-state index contributed by atoms with van der Waals surface area (Å²) in [6, 6.07) is 6.42. The quantitative estimate of drug-likeness (QED) is 0.850. The first-order valence-electron chi connectivity index (χ1n) is 5.96. The number of sulfone groups is 1. The fourth-order valence-corrected chi connectivity index (χ4v) is 1.98. The first-order chi connectivity index (χ1) is 8.79. The molecule has 19 heavy (non-hydrogen) atoms. The van der Waals surface area contributed by atoms with Crippen LogP contribution in [0, 0.1) is 0 Å². The molecule has 5 nitrogen and oxygen atoms in total. The molecule has 0 heterocycles. The SMILES string of the molecule is CC(C)OCC(=O)NCc1ccc(S(C)(=O)=O)cc1. The summed E-state index contributed by atoms with van der Waals surface area (Å²) in [7, 11) is -3.18. The van der Waals surface area contributed by atoms with Gasteiger partial charge in [-0.2, -0.15) is 0 Å². The van der Waals surface area contributed by atoms with Gasteiger partial charge in [-0.15, -0.1) is 0 Å². The van der Waals surface area contributed by atoms with Crippen molar-refractivity contribution >= 4 is 15.7 Å². The van der Waals surface area contributed by atoms with Crippen molar-refractivity contribution in [2.75, 3.05) is 12.9 Å². The van der Waals surface area contributed by atoms with Crippen LogP contribution in [-0.2, 0) is 25.9 Å². The van der Waals surface area contributed by atoms with E-state index in [0.29, 0.717) is 6.54 Å². The largest absolute Gasteiger partial charge is 0.369 e. The summed E-state index contributed by atoms with van der Waals surface area (Å²) in [5.41, 5.74) is 0.838. The van der Waals surface area contributed by atoms with Crippen LogP contribution >= 0.6 is 0 Å². The molecule has 0 aliphatic rings. The molecular formula is C13H19NO4S. The highest BCUT2D eigenvalue weighted by atomic mass is 32.2. The Balaban J connectivity index is 2.48. The fraction of sp³-hybridized carbons (Fsp3) is 0.462. The third-order valence-electron chi connectivity index (χ3n) is 2.39. The summed E-state index contributed by atoms with van der Waals surface area (Å²) >= 11 is 0. The van der Waals surface area contributed by atoms with Crippen LogP contribution in [0.4, 0.5) is 0 Å². The van der Waals surface area contributed by atoms with Gasteiger partial charge in [0.15, 0.2) is 9.84 Å². The summed E-state index contributed by atoms with van der Waals surface area (Å²) in [6.07, 6.45) is 1.17. The van der Waals surface area contributed by atoms with E-state index >= 15 is 0 Å². The van der Waals surface area contributed by atoms with Crippen molar-refractivity contribution in [2.45, 2.75) is 31.4 Å². The Kier molecular flexibility index (Phi) is 5.50. The number of rotatable bonds is 6. The standard InChI is InChI=1S/C13H19NO4S/c1-10(2)18-9-13(15)14-8-11-4-6-12(7-5-11)19(3,16)17/h4-7,10H,8-9H2,1-3H3,(H,14,15). The van der Waals surface area contributed by atoms with Gasteiger partial charge in [0.1, 0.15) is 6.61 Å². The average Bonchev–Trinajstić information content (AvgIpc) is 2.33. The lowest BCUT2D eigenvalue weighted by Crippen LogP contribution is -2.28. The van der Waals surface area contributed by atoms with Gasteiger partial charge in [0.25, 0.3) is 0 Å². The monoisotopic (exact) mass is 285 g/mol. The van der Waals surface area contributed by atoms with Crippen LogP contribution in [0.15, 0.2) is 29.2 Å². The molecule has 0 aliphatic carbocycles. The molecule has 0 fully saturated rings. The number of ether oxygens (including phenoxy) is 1. The third kappa shape index (κ3) is 5.85. The van der Waals surface area contributed by atoms with Crippen LogP contribution in [0.5, 0.6) is 0 Å². The van der Waals surface area contributed by atoms with Crippen LogP contribution in [0.2, 0.25) is 0 Å². The number of benzene rings is 1. The number of hydrogen-bond donors (Lipinski definition) is 1. The van der Waals surface area contributed by atoms with Gasteiger partial charge < -0.3 is 10.1 Å². The number of carbonyl (C=O) groups is 1. The molecule has 1 aromatic carbocycles. The molecule has 6 heteroatoms. The van der Waals surface area contributed by atoms with Crippen LogP contribution in [-0.4, -0.2) is 33.3 Å². The summed E-state index contributed by atoms with van der Waals surface area (Å²) in [4.78, 5) is 11.7. The normalized spacial score (nSPS) is 11.6. The van der Waals surface area contributed by atoms with E-state index < -0.39 is 9.84 Å². The number of amides is 1. The van der Waals surface area contributed by atoms with Crippen molar-refractivity contribution in [1.29, 1.82) is 0 Å². The molecule has 0 atom stereocenters. The second-order valence-electron chi connectivity index (χ2n) is 4.55. The molecule has 0 saturated heterocycles. The lowest BCUT2D eigenvalue weighted by atomic mass is 10.2. The van der Waals surface area contributed by atoms with Crippen molar-refractivity contribution in [2.24, 2.45) is 0 Å². The molecule has 1 rings (SSSR count). The predicted octanol–water partition coefficient (Wildman–Crippen LogP) is 1.13. The Labute approximate surface area is 113 Å². The maximum atomic E-state index is 11.4. The zero-order valence-electron chi connectivity index (χ0n) is 11.3. The highest BCUT2D eigenvalue weighted by molar-refractivity contribution is 7.90. The minimum atomic E-state index is -3.18. The maximum absolute atomic E-state index is 11.4. The van der Waals surface area contributed by atoms with E-state index in [2.05, 4.69) is 5.32 Å². The first-order valence-corrected chi connectivity index (χ1v) is 7.85. The molecule has 1 amide bonds. The van der Waals surface area contributed by atoms with E-state index in [-0.39, 0.29) is 23.5 Å². The van der Waals surface area contributed by atoms with E-state index in [1.165, 1.54) is 12.1 Å². The van der Waals surface area contributed by atoms with E-state index in [0.717, 1.165) is 11.8 Å². The molecule has 1 aromatic rings. The first kappa shape index (κ1) is 15.7. The fourth-order valence-electron chi connectivity index (χ4n) is 1.35. The van der Waals surface area contributed by atoms with Gasteiger partial charge in [0, 0.05) is 12.8 Å². The van der Waals surface area contributed by atoms with E-state index in [1.54, 1.807) is 12.1 Å². The summed E-state index contributed by atoms with van der Waals surface area (Å²) in [6.45, 7) is 4.10. The van der Waals surface area contributed by atoms with E-state index in [4.69, 9.17) is 4.74 Å². The second kappa shape index (κ2) is 6.68. The minimum Gasteiger partial charge on any atom is -0.369 e. The van der Waals surface area contributed by atoms with Crippen LogP contribution in [0.1, 0.15) is 19.4 Å². The Morgan fingerprint density at radius 1 is 1.26 bits per heavy atom. The maximum Gasteiger partial charge on any atom is 0.246 e. The Hall–Kier alpha value is -1.40. The molecule has 0 saturated carbocycles. The topological polar surface area (TPSA) is 72.5 Å². The van der Waals surface area contributed by atoms with Crippen molar-refractivity contribution in [3.8, 4) is 0 Å². The van der Waals surface area contributed by atoms with Crippen molar-refractivity contribution in [3.63, 3.8) is 0 Å². The Bertz CT molecular complexity index is 520. The molecule has 0 radical (unpaired) electrons. The smallest absolute Gasteiger partial charge is 0.246 e. The molecule has 106 valence electrons. The summed E-state index contributed by atoms with van der Waals surface area (Å²) < 4.78 is 27.7. The molecule has 0 bridgehead atoms. The van der Waals surface area contributed by atoms with Crippen molar-refractivity contribution < 1.29 is 17.9 Å². The molecule has 0 unspecified atom stereocenters. The molecule has 0 aliphatic heterocycles. The highest BCUT2D eigenvalue weighted by Gasteiger charge is 2.07.